The van der Waals surface area contributed by atoms with Gasteiger partial charge in [0.25, 0.3) is 5.56 Å². The summed E-state index contributed by atoms with van der Waals surface area (Å²) in [4.78, 5) is 33.0. The lowest BCUT2D eigenvalue weighted by atomic mass is 9.72. The molecule has 9 nitrogen and oxygen atoms in total. The minimum Gasteiger partial charge on any atom is -0.310 e. The molecular formula is C24H21F3N8O. The average molecular weight is 494 g/mol. The SMILES string of the molecule is CCc1cnc([C@H]2CC[C@@H]2c2nc3c(c(C#N)nn3C(C)c3ccc(C(F)(F)F)nc3)c(=O)[nH]2)nc1. The molecule has 0 radical (unpaired) electrons. The van der Waals surface area contributed by atoms with Crippen LogP contribution in [0.1, 0.15) is 78.7 Å². The average Bonchev–Trinajstić information content (AvgIpc) is 3.22. The van der Waals surface area contributed by atoms with E-state index in [4.69, 9.17) is 0 Å². The van der Waals surface area contributed by atoms with Crippen LogP contribution in [0.25, 0.3) is 11.0 Å². The largest absolute Gasteiger partial charge is 0.433 e. The predicted octanol–water partition coefficient (Wildman–Crippen LogP) is 4.03. The number of hydrogen-bond donors (Lipinski definition) is 1. The van der Waals surface area contributed by atoms with E-state index in [9.17, 15) is 23.2 Å². The van der Waals surface area contributed by atoms with Crippen LogP contribution in [0.15, 0.2) is 35.5 Å². The Labute approximate surface area is 203 Å². The minimum atomic E-state index is -4.56. The zero-order valence-corrected chi connectivity index (χ0v) is 19.4. The summed E-state index contributed by atoms with van der Waals surface area (Å²) < 4.78 is 40.2. The minimum absolute atomic E-state index is 0.0140. The molecule has 1 aliphatic rings. The van der Waals surface area contributed by atoms with Crippen LogP contribution in [0.2, 0.25) is 0 Å². The first-order chi connectivity index (χ1) is 17.2. The zero-order chi connectivity index (χ0) is 25.6. The summed E-state index contributed by atoms with van der Waals surface area (Å²) in [6.45, 7) is 3.71. The molecule has 1 aliphatic carbocycles. The molecule has 0 saturated heterocycles. The van der Waals surface area contributed by atoms with Crippen molar-refractivity contribution in [3.63, 3.8) is 0 Å². The van der Waals surface area contributed by atoms with Gasteiger partial charge in [-0.2, -0.15) is 23.5 Å². The van der Waals surface area contributed by atoms with Gasteiger partial charge in [0.05, 0.1) is 6.04 Å². The van der Waals surface area contributed by atoms with E-state index in [2.05, 4.69) is 30.0 Å². The van der Waals surface area contributed by atoms with E-state index in [0.717, 1.165) is 37.1 Å². The van der Waals surface area contributed by atoms with Gasteiger partial charge < -0.3 is 4.98 Å². The van der Waals surface area contributed by atoms with Crippen molar-refractivity contribution in [3.8, 4) is 6.07 Å². The molecule has 4 heterocycles. The van der Waals surface area contributed by atoms with Crippen molar-refractivity contribution < 1.29 is 13.2 Å². The summed E-state index contributed by atoms with van der Waals surface area (Å²) in [5.41, 5.74) is 0.0203. The lowest BCUT2D eigenvalue weighted by Crippen LogP contribution is -2.28. The number of halogens is 3. The van der Waals surface area contributed by atoms with Crippen LogP contribution >= 0.6 is 0 Å². The highest BCUT2D eigenvalue weighted by Gasteiger charge is 2.38. The molecule has 5 rings (SSSR count). The first-order valence-corrected chi connectivity index (χ1v) is 11.5. The summed E-state index contributed by atoms with van der Waals surface area (Å²) in [5, 5.41) is 13.9. The summed E-state index contributed by atoms with van der Waals surface area (Å²) in [6.07, 6.45) is 2.59. The molecule has 1 unspecified atom stereocenters. The second-order valence-electron chi connectivity index (χ2n) is 8.80. The molecule has 1 fully saturated rings. The fourth-order valence-electron chi connectivity index (χ4n) is 4.42. The first kappa shape index (κ1) is 23.6. The molecule has 0 spiro atoms. The predicted molar refractivity (Wildman–Crippen MR) is 122 cm³/mol. The molecule has 12 heteroatoms. The second kappa shape index (κ2) is 8.82. The van der Waals surface area contributed by atoms with Crippen LogP contribution in [-0.2, 0) is 12.6 Å². The second-order valence-corrected chi connectivity index (χ2v) is 8.80. The van der Waals surface area contributed by atoms with Gasteiger partial charge in [0.15, 0.2) is 11.3 Å². The van der Waals surface area contributed by atoms with Crippen molar-refractivity contribution in [2.45, 2.75) is 57.2 Å². The van der Waals surface area contributed by atoms with Crippen molar-refractivity contribution >= 4 is 11.0 Å². The molecule has 36 heavy (non-hydrogen) atoms. The smallest absolute Gasteiger partial charge is 0.310 e. The number of aromatic nitrogens is 7. The van der Waals surface area contributed by atoms with E-state index < -0.39 is 23.5 Å². The van der Waals surface area contributed by atoms with Gasteiger partial charge in [-0.3, -0.25) is 9.78 Å². The fourth-order valence-corrected chi connectivity index (χ4v) is 4.42. The van der Waals surface area contributed by atoms with Crippen molar-refractivity contribution in [1.29, 1.82) is 5.26 Å². The first-order valence-electron chi connectivity index (χ1n) is 11.5. The Bertz CT molecular complexity index is 1520. The standard InChI is InChI=1S/C24H21F3N8O/c1-3-13-9-30-20(31-10-13)15-5-6-16(15)21-32-22-19(23(36)33-21)17(8-28)34-35(22)12(2)14-4-7-18(29-11-14)24(25,26)27/h4,7,9-12,15-16H,3,5-6H2,1-2H3,(H,32,33,36)/t12?,15-,16-/m0/s1. The number of nitrogens with zero attached hydrogens (tertiary/aromatic N) is 7. The summed E-state index contributed by atoms with van der Waals surface area (Å²) in [6, 6.07) is 3.47. The number of alkyl halides is 3. The van der Waals surface area contributed by atoms with Crippen LogP contribution in [0.4, 0.5) is 13.2 Å². The summed E-state index contributed by atoms with van der Waals surface area (Å²) >= 11 is 0. The number of hydrogen-bond acceptors (Lipinski definition) is 7. The number of aromatic amines is 1. The lowest BCUT2D eigenvalue weighted by Gasteiger charge is -2.34. The molecular weight excluding hydrogens is 473 g/mol. The highest BCUT2D eigenvalue weighted by atomic mass is 19.4. The Morgan fingerprint density at radius 1 is 1.17 bits per heavy atom. The van der Waals surface area contributed by atoms with E-state index in [-0.39, 0.29) is 28.6 Å². The Kier molecular flexibility index (Phi) is 5.78. The van der Waals surface area contributed by atoms with Gasteiger partial charge in [-0.25, -0.2) is 19.6 Å². The Balaban J connectivity index is 1.54. The van der Waals surface area contributed by atoms with Gasteiger partial charge in [0.1, 0.15) is 28.8 Å². The number of rotatable bonds is 5. The van der Waals surface area contributed by atoms with Crippen LogP contribution in [-0.4, -0.2) is 34.7 Å². The Hall–Kier alpha value is -4.14. The number of nitriles is 1. The lowest BCUT2D eigenvalue weighted by molar-refractivity contribution is -0.141. The van der Waals surface area contributed by atoms with Gasteiger partial charge in [0.2, 0.25) is 0 Å². The molecule has 0 aromatic carbocycles. The van der Waals surface area contributed by atoms with E-state index in [1.54, 1.807) is 19.3 Å². The monoisotopic (exact) mass is 494 g/mol. The molecule has 3 atom stereocenters. The van der Waals surface area contributed by atoms with Crippen molar-refractivity contribution in [2.24, 2.45) is 0 Å². The van der Waals surface area contributed by atoms with Crippen LogP contribution in [0, 0.1) is 11.3 Å². The summed E-state index contributed by atoms with van der Waals surface area (Å²) in [7, 11) is 0. The number of fused-ring (bicyclic) bond motifs is 1. The van der Waals surface area contributed by atoms with Gasteiger partial charge in [-0.05, 0) is 43.4 Å². The third-order valence-electron chi connectivity index (χ3n) is 6.70. The normalized spacial score (nSPS) is 18.6. The van der Waals surface area contributed by atoms with E-state index in [1.165, 1.54) is 10.7 Å². The fraction of sp³-hybridized carbons (Fsp3) is 0.375. The third kappa shape index (κ3) is 4.00. The molecule has 0 bridgehead atoms. The van der Waals surface area contributed by atoms with Gasteiger partial charge in [-0.15, -0.1) is 0 Å². The third-order valence-corrected chi connectivity index (χ3v) is 6.70. The molecule has 0 amide bonds. The zero-order valence-electron chi connectivity index (χ0n) is 19.4. The van der Waals surface area contributed by atoms with Crippen molar-refractivity contribution in [2.75, 3.05) is 0 Å². The highest BCUT2D eigenvalue weighted by molar-refractivity contribution is 5.80. The number of pyridine rings is 1. The van der Waals surface area contributed by atoms with Gasteiger partial charge in [-0.1, -0.05) is 13.0 Å². The maximum Gasteiger partial charge on any atom is 0.433 e. The Morgan fingerprint density at radius 2 is 1.89 bits per heavy atom. The van der Waals surface area contributed by atoms with E-state index in [0.29, 0.717) is 17.2 Å². The number of aryl methyl sites for hydroxylation is 1. The summed E-state index contributed by atoms with van der Waals surface area (Å²) in [5.74, 6) is 0.989. The quantitative estimate of drug-likeness (QED) is 0.444. The molecule has 1 N–H and O–H groups in total. The van der Waals surface area contributed by atoms with Gasteiger partial charge in [0, 0.05) is 30.4 Å². The van der Waals surface area contributed by atoms with Crippen LogP contribution in [0.3, 0.4) is 0 Å². The molecule has 4 aromatic heterocycles. The topological polar surface area (TPSA) is 126 Å². The van der Waals surface area contributed by atoms with Crippen LogP contribution < -0.4 is 5.56 Å². The van der Waals surface area contributed by atoms with Crippen molar-refractivity contribution in [1.82, 2.24) is 34.7 Å². The van der Waals surface area contributed by atoms with Gasteiger partial charge >= 0.3 is 6.18 Å². The highest BCUT2D eigenvalue weighted by Crippen LogP contribution is 2.46. The molecule has 4 aromatic rings. The maximum absolute atomic E-state index is 13.0. The number of nitrogens with one attached hydrogen (secondary N) is 1. The van der Waals surface area contributed by atoms with E-state index >= 15 is 0 Å². The molecule has 1 saturated carbocycles. The van der Waals surface area contributed by atoms with E-state index in [1.807, 2.05) is 13.0 Å². The Morgan fingerprint density at radius 3 is 2.44 bits per heavy atom. The van der Waals surface area contributed by atoms with Crippen molar-refractivity contribution in [3.05, 3.63) is 75.2 Å². The molecule has 0 aliphatic heterocycles. The number of H-pyrrole nitrogens is 1. The van der Waals surface area contributed by atoms with Crippen LogP contribution in [0.5, 0.6) is 0 Å². The molecule has 184 valence electrons. The maximum atomic E-state index is 13.0.